The molecule has 0 aromatic carbocycles. The summed E-state index contributed by atoms with van der Waals surface area (Å²) in [5, 5.41) is 11.0. The zero-order chi connectivity index (χ0) is 17.8. The second-order valence-corrected chi connectivity index (χ2v) is 8.26. The van der Waals surface area contributed by atoms with Gasteiger partial charge >= 0.3 is 6.09 Å². The molecule has 0 radical (unpaired) electrons. The normalized spacial score (nSPS) is 30.5. The van der Waals surface area contributed by atoms with Crippen molar-refractivity contribution >= 4 is 6.09 Å². The van der Waals surface area contributed by atoms with Crippen molar-refractivity contribution in [2.75, 3.05) is 0 Å². The first-order chi connectivity index (χ1) is 11.1. The van der Waals surface area contributed by atoms with Gasteiger partial charge in [-0.2, -0.15) is 0 Å². The van der Waals surface area contributed by atoms with Crippen LogP contribution in [-0.2, 0) is 4.74 Å². The van der Waals surface area contributed by atoms with E-state index in [1.54, 1.807) is 4.90 Å². The van der Waals surface area contributed by atoms with Gasteiger partial charge in [-0.25, -0.2) is 9.18 Å². The maximum atomic E-state index is 13.5. The standard InChI is InChI=1S/C18H25FN2O3/c1-16(2,3)24-15(23)21-17(4)5-7-18(21,8-6-17)14(22)12-9-13(19)11-20-10-12/h9-11,14,22H,5-8H2,1-4H3. The summed E-state index contributed by atoms with van der Waals surface area (Å²) in [6, 6.07) is 1.29. The molecule has 3 heterocycles. The van der Waals surface area contributed by atoms with Crippen LogP contribution in [0, 0.1) is 5.82 Å². The van der Waals surface area contributed by atoms with Gasteiger partial charge in [-0.15, -0.1) is 0 Å². The maximum absolute atomic E-state index is 13.5. The van der Waals surface area contributed by atoms with Gasteiger partial charge in [0.05, 0.1) is 11.7 Å². The van der Waals surface area contributed by atoms with Gasteiger partial charge in [0, 0.05) is 17.3 Å². The Bertz CT molecular complexity index is 648. The Morgan fingerprint density at radius 2 is 1.96 bits per heavy atom. The van der Waals surface area contributed by atoms with E-state index in [1.807, 2.05) is 27.7 Å². The van der Waals surface area contributed by atoms with Crippen molar-refractivity contribution < 1.29 is 19.0 Å². The van der Waals surface area contributed by atoms with Crippen LogP contribution in [-0.4, -0.2) is 37.8 Å². The van der Waals surface area contributed by atoms with Crippen molar-refractivity contribution in [1.29, 1.82) is 0 Å². The van der Waals surface area contributed by atoms with Crippen molar-refractivity contribution in [2.45, 2.75) is 76.2 Å². The number of hydrogen-bond acceptors (Lipinski definition) is 4. The monoisotopic (exact) mass is 336 g/mol. The minimum Gasteiger partial charge on any atom is -0.444 e. The number of aliphatic hydroxyl groups excluding tert-OH is 1. The lowest BCUT2D eigenvalue weighted by Crippen LogP contribution is -2.53. The van der Waals surface area contributed by atoms with Crippen molar-refractivity contribution in [2.24, 2.45) is 0 Å². The predicted molar refractivity (Wildman–Crippen MR) is 86.8 cm³/mol. The Labute approximate surface area is 141 Å². The van der Waals surface area contributed by atoms with Crippen LogP contribution in [0.2, 0.25) is 0 Å². The number of halogens is 1. The minimum atomic E-state index is -0.988. The van der Waals surface area contributed by atoms with Crippen molar-refractivity contribution in [1.82, 2.24) is 9.88 Å². The number of amides is 1. The number of ether oxygens (including phenoxy) is 1. The van der Waals surface area contributed by atoms with Crippen LogP contribution in [0.1, 0.15) is 65.0 Å². The van der Waals surface area contributed by atoms with Gasteiger partial charge in [0.25, 0.3) is 0 Å². The Morgan fingerprint density at radius 1 is 1.33 bits per heavy atom. The summed E-state index contributed by atoms with van der Waals surface area (Å²) >= 11 is 0. The fourth-order valence-electron chi connectivity index (χ4n) is 4.20. The highest BCUT2D eigenvalue weighted by Crippen LogP contribution is 2.58. The Morgan fingerprint density at radius 3 is 2.50 bits per heavy atom. The van der Waals surface area contributed by atoms with E-state index in [0.29, 0.717) is 18.4 Å². The molecule has 132 valence electrons. The maximum Gasteiger partial charge on any atom is 0.411 e. The third-order valence-electron chi connectivity index (χ3n) is 5.30. The molecule has 2 bridgehead atoms. The molecule has 1 amide bonds. The molecule has 5 nitrogen and oxygen atoms in total. The van der Waals surface area contributed by atoms with Gasteiger partial charge in [0.1, 0.15) is 17.5 Å². The van der Waals surface area contributed by atoms with E-state index >= 15 is 0 Å². The van der Waals surface area contributed by atoms with Crippen molar-refractivity contribution in [3.8, 4) is 0 Å². The molecule has 2 aliphatic rings. The van der Waals surface area contributed by atoms with Gasteiger partial charge in [-0.05, 0) is 59.4 Å². The summed E-state index contributed by atoms with van der Waals surface area (Å²) < 4.78 is 19.1. The van der Waals surface area contributed by atoms with Gasteiger partial charge in [0.15, 0.2) is 0 Å². The average molecular weight is 336 g/mol. The summed E-state index contributed by atoms with van der Waals surface area (Å²) in [6.07, 6.45) is 4.09. The minimum absolute atomic E-state index is 0.329. The van der Waals surface area contributed by atoms with Crippen molar-refractivity contribution in [3.63, 3.8) is 0 Å². The van der Waals surface area contributed by atoms with E-state index in [0.717, 1.165) is 19.0 Å². The summed E-state index contributed by atoms with van der Waals surface area (Å²) in [5.41, 5.74) is -1.30. The van der Waals surface area contributed by atoms with E-state index in [9.17, 15) is 14.3 Å². The molecule has 0 aliphatic carbocycles. The van der Waals surface area contributed by atoms with Crippen molar-refractivity contribution in [3.05, 3.63) is 29.8 Å². The number of aliphatic hydroxyl groups is 1. The third-order valence-corrected chi connectivity index (χ3v) is 5.30. The highest BCUT2D eigenvalue weighted by molar-refractivity contribution is 5.72. The van der Waals surface area contributed by atoms with Crippen LogP contribution in [0.3, 0.4) is 0 Å². The topological polar surface area (TPSA) is 62.7 Å². The van der Waals surface area contributed by atoms with E-state index in [2.05, 4.69) is 4.98 Å². The fourth-order valence-corrected chi connectivity index (χ4v) is 4.20. The van der Waals surface area contributed by atoms with Gasteiger partial charge < -0.3 is 9.84 Å². The molecular weight excluding hydrogens is 311 g/mol. The van der Waals surface area contributed by atoms with E-state index in [4.69, 9.17) is 4.74 Å². The molecule has 2 saturated heterocycles. The number of hydrogen-bond donors (Lipinski definition) is 1. The van der Waals surface area contributed by atoms with Gasteiger partial charge in [-0.3, -0.25) is 9.88 Å². The summed E-state index contributed by atoms with van der Waals surface area (Å²) in [7, 11) is 0. The summed E-state index contributed by atoms with van der Waals surface area (Å²) in [5.74, 6) is -0.495. The van der Waals surface area contributed by atoms with Crippen LogP contribution in [0.5, 0.6) is 0 Å². The van der Waals surface area contributed by atoms with E-state index in [-0.39, 0.29) is 5.54 Å². The number of nitrogens with zero attached hydrogens (tertiary/aromatic N) is 2. The molecular formula is C18H25FN2O3. The lowest BCUT2D eigenvalue weighted by Gasteiger charge is -2.41. The first-order valence-corrected chi connectivity index (χ1v) is 8.39. The Kier molecular flexibility index (Phi) is 3.86. The summed E-state index contributed by atoms with van der Waals surface area (Å²) in [4.78, 5) is 18.4. The zero-order valence-corrected chi connectivity index (χ0v) is 14.7. The second-order valence-electron chi connectivity index (χ2n) is 8.26. The predicted octanol–water partition coefficient (Wildman–Crippen LogP) is 3.58. The Balaban J connectivity index is 1.96. The number of rotatable bonds is 2. The van der Waals surface area contributed by atoms with Crippen LogP contribution in [0.15, 0.2) is 18.5 Å². The van der Waals surface area contributed by atoms with Crippen LogP contribution in [0.4, 0.5) is 9.18 Å². The van der Waals surface area contributed by atoms with E-state index < -0.39 is 29.2 Å². The molecule has 24 heavy (non-hydrogen) atoms. The first-order valence-electron chi connectivity index (χ1n) is 8.39. The van der Waals surface area contributed by atoms with Gasteiger partial charge in [-0.1, -0.05) is 0 Å². The second kappa shape index (κ2) is 5.41. The molecule has 6 heteroatoms. The van der Waals surface area contributed by atoms with E-state index in [1.165, 1.54) is 12.3 Å². The number of aromatic nitrogens is 1. The number of carbonyl (C=O) groups excluding carboxylic acids is 1. The Hall–Kier alpha value is -1.69. The number of fused-ring (bicyclic) bond motifs is 2. The third kappa shape index (κ3) is 2.66. The molecule has 1 unspecified atom stereocenters. The number of pyridine rings is 1. The van der Waals surface area contributed by atoms with Crippen LogP contribution in [0.25, 0.3) is 0 Å². The molecule has 3 rings (SSSR count). The van der Waals surface area contributed by atoms with Crippen LogP contribution >= 0.6 is 0 Å². The zero-order valence-electron chi connectivity index (χ0n) is 14.7. The highest BCUT2D eigenvalue weighted by atomic mass is 19.1. The molecule has 1 N–H and O–H groups in total. The molecule has 1 atom stereocenters. The first kappa shape index (κ1) is 17.1. The average Bonchev–Trinajstić information content (AvgIpc) is 2.94. The van der Waals surface area contributed by atoms with Gasteiger partial charge in [0.2, 0.25) is 0 Å². The lowest BCUT2D eigenvalue weighted by molar-refractivity contribution is -0.0365. The smallest absolute Gasteiger partial charge is 0.411 e. The SMILES string of the molecule is CC(C)(C)OC(=O)N1C2(C)CCC1(C(O)c1cncc(F)c1)CC2. The quantitative estimate of drug-likeness (QED) is 0.897. The molecule has 2 fully saturated rings. The molecule has 1 aromatic heterocycles. The molecule has 1 aromatic rings. The lowest BCUT2D eigenvalue weighted by atomic mass is 9.78. The highest BCUT2D eigenvalue weighted by Gasteiger charge is 2.64. The number of carbonyl (C=O) groups is 1. The largest absolute Gasteiger partial charge is 0.444 e. The van der Waals surface area contributed by atoms with Crippen LogP contribution < -0.4 is 0 Å². The molecule has 0 spiro atoms. The molecule has 0 saturated carbocycles. The fraction of sp³-hybridized carbons (Fsp3) is 0.667. The summed E-state index contributed by atoms with van der Waals surface area (Å²) in [6.45, 7) is 7.50. The molecule has 2 aliphatic heterocycles.